The van der Waals surface area contributed by atoms with E-state index < -0.39 is 5.41 Å². The Hall–Kier alpha value is -3.12. The molecular weight excluding hydrogens is 504 g/mol. The molecule has 0 bridgehead atoms. The molecule has 1 atom stereocenters. The van der Waals surface area contributed by atoms with Crippen LogP contribution in [0.5, 0.6) is 5.75 Å². The number of amides is 2. The summed E-state index contributed by atoms with van der Waals surface area (Å²) in [4.78, 5) is 30.4. The molecule has 5 nitrogen and oxygen atoms in total. The molecular formula is C29H31BrN2O3. The standard InChI is InChI=1S/C29H31BrN2O3/c1-31(20-23-11-4-2-5-12-23)27(33)19-29(22-35-24-13-6-3-7-14-24)17-10-18-32(21-29)28(34)25-15-8-9-16-26(25)30/h2-9,11-16H,10,17-22H2,1H3. The summed E-state index contributed by atoms with van der Waals surface area (Å²) in [5.41, 5.74) is 1.26. The second-order valence-corrected chi connectivity index (χ2v) is 10.2. The van der Waals surface area contributed by atoms with Crippen LogP contribution in [-0.4, -0.2) is 48.4 Å². The molecule has 0 saturated carbocycles. The van der Waals surface area contributed by atoms with Gasteiger partial charge < -0.3 is 14.5 Å². The van der Waals surface area contributed by atoms with Gasteiger partial charge in [-0.15, -0.1) is 0 Å². The van der Waals surface area contributed by atoms with E-state index in [1.807, 2.05) is 96.9 Å². The number of likely N-dealkylation sites (tertiary alicyclic amines) is 1. The molecule has 0 spiro atoms. The van der Waals surface area contributed by atoms with Gasteiger partial charge >= 0.3 is 0 Å². The number of nitrogens with zero attached hydrogens (tertiary/aromatic N) is 2. The summed E-state index contributed by atoms with van der Waals surface area (Å²) in [5, 5.41) is 0. The Balaban J connectivity index is 1.53. The van der Waals surface area contributed by atoms with Crippen LogP contribution in [-0.2, 0) is 11.3 Å². The van der Waals surface area contributed by atoms with Crippen LogP contribution in [0.25, 0.3) is 0 Å². The van der Waals surface area contributed by atoms with Gasteiger partial charge in [0.05, 0.1) is 12.2 Å². The second kappa shape index (κ2) is 11.5. The number of rotatable bonds is 8. The van der Waals surface area contributed by atoms with Crippen molar-refractivity contribution in [1.82, 2.24) is 9.80 Å². The lowest BCUT2D eigenvalue weighted by atomic mass is 9.77. The minimum Gasteiger partial charge on any atom is -0.493 e. The van der Waals surface area contributed by atoms with Gasteiger partial charge in [-0.3, -0.25) is 9.59 Å². The lowest BCUT2D eigenvalue weighted by Gasteiger charge is -2.43. The largest absolute Gasteiger partial charge is 0.493 e. The van der Waals surface area contributed by atoms with Gasteiger partial charge in [-0.25, -0.2) is 0 Å². The van der Waals surface area contributed by atoms with Crippen molar-refractivity contribution in [2.45, 2.75) is 25.8 Å². The van der Waals surface area contributed by atoms with Crippen molar-refractivity contribution in [3.05, 3.63) is 101 Å². The van der Waals surface area contributed by atoms with Crippen LogP contribution >= 0.6 is 15.9 Å². The van der Waals surface area contributed by atoms with Gasteiger partial charge in [-0.05, 0) is 58.6 Å². The van der Waals surface area contributed by atoms with E-state index in [-0.39, 0.29) is 11.8 Å². The summed E-state index contributed by atoms with van der Waals surface area (Å²) in [6.45, 7) is 2.07. The van der Waals surface area contributed by atoms with Gasteiger partial charge in [0.15, 0.2) is 0 Å². The zero-order valence-electron chi connectivity index (χ0n) is 20.0. The number of para-hydroxylation sites is 1. The normalized spacial score (nSPS) is 17.6. The average molecular weight is 535 g/mol. The van der Waals surface area contributed by atoms with Gasteiger partial charge in [0.2, 0.25) is 5.91 Å². The molecule has 1 aliphatic rings. The highest BCUT2D eigenvalue weighted by Crippen LogP contribution is 2.36. The fraction of sp³-hybridized carbons (Fsp3) is 0.310. The molecule has 1 aliphatic heterocycles. The molecule has 0 aromatic heterocycles. The van der Waals surface area contributed by atoms with Crippen molar-refractivity contribution in [2.75, 3.05) is 26.7 Å². The molecule has 1 saturated heterocycles. The lowest BCUT2D eigenvalue weighted by Crippen LogP contribution is -2.50. The molecule has 1 heterocycles. The van der Waals surface area contributed by atoms with Crippen LogP contribution in [0.4, 0.5) is 0 Å². The maximum atomic E-state index is 13.4. The molecule has 4 rings (SSSR count). The van der Waals surface area contributed by atoms with Crippen LogP contribution in [0.2, 0.25) is 0 Å². The Morgan fingerprint density at radius 1 is 0.971 bits per heavy atom. The van der Waals surface area contributed by atoms with Crippen molar-refractivity contribution >= 4 is 27.7 Å². The van der Waals surface area contributed by atoms with Gasteiger partial charge in [0.25, 0.3) is 5.91 Å². The second-order valence-electron chi connectivity index (χ2n) is 9.32. The Kier molecular flexibility index (Phi) is 8.24. The molecule has 3 aromatic carbocycles. The summed E-state index contributed by atoms with van der Waals surface area (Å²) in [6, 6.07) is 27.1. The monoisotopic (exact) mass is 534 g/mol. The summed E-state index contributed by atoms with van der Waals surface area (Å²) < 4.78 is 6.97. The summed E-state index contributed by atoms with van der Waals surface area (Å²) in [5.74, 6) is 0.804. The number of ether oxygens (including phenoxy) is 1. The van der Waals surface area contributed by atoms with E-state index in [1.54, 1.807) is 4.90 Å². The smallest absolute Gasteiger partial charge is 0.255 e. The molecule has 0 N–H and O–H groups in total. The number of hydrogen-bond donors (Lipinski definition) is 0. The highest BCUT2D eigenvalue weighted by Gasteiger charge is 2.41. The van der Waals surface area contributed by atoms with E-state index in [2.05, 4.69) is 15.9 Å². The van der Waals surface area contributed by atoms with Gasteiger partial charge in [-0.1, -0.05) is 60.7 Å². The fourth-order valence-electron chi connectivity index (χ4n) is 4.65. The van der Waals surface area contributed by atoms with E-state index in [4.69, 9.17) is 4.74 Å². The first kappa shape index (κ1) is 25.0. The van der Waals surface area contributed by atoms with Gasteiger partial charge in [-0.2, -0.15) is 0 Å². The first-order valence-corrected chi connectivity index (χ1v) is 12.7. The number of carbonyl (C=O) groups is 2. The summed E-state index contributed by atoms with van der Waals surface area (Å²) >= 11 is 3.51. The van der Waals surface area contributed by atoms with Crippen molar-refractivity contribution in [3.63, 3.8) is 0 Å². The predicted molar refractivity (Wildman–Crippen MR) is 141 cm³/mol. The van der Waals surface area contributed by atoms with E-state index >= 15 is 0 Å². The van der Waals surface area contributed by atoms with Crippen molar-refractivity contribution in [2.24, 2.45) is 5.41 Å². The molecule has 35 heavy (non-hydrogen) atoms. The third-order valence-electron chi connectivity index (χ3n) is 6.56. The van der Waals surface area contributed by atoms with E-state index in [9.17, 15) is 9.59 Å². The van der Waals surface area contributed by atoms with Gasteiger partial charge in [0.1, 0.15) is 5.75 Å². The Morgan fingerprint density at radius 2 is 1.63 bits per heavy atom. The highest BCUT2D eigenvalue weighted by molar-refractivity contribution is 9.10. The average Bonchev–Trinajstić information content (AvgIpc) is 2.89. The predicted octanol–water partition coefficient (Wildman–Crippen LogP) is 5.80. The topological polar surface area (TPSA) is 49.9 Å². The zero-order chi connectivity index (χ0) is 24.7. The van der Waals surface area contributed by atoms with Crippen LogP contribution < -0.4 is 4.74 Å². The SMILES string of the molecule is CN(Cc1ccccc1)C(=O)CC1(COc2ccccc2)CCCN(C(=O)c2ccccc2Br)C1. The number of carbonyl (C=O) groups excluding carboxylic acids is 2. The van der Waals surface area contributed by atoms with Crippen molar-refractivity contribution in [3.8, 4) is 5.75 Å². The number of halogens is 1. The first-order chi connectivity index (χ1) is 17.0. The minimum atomic E-state index is -0.465. The molecule has 0 radical (unpaired) electrons. The fourth-order valence-corrected chi connectivity index (χ4v) is 5.11. The molecule has 2 amide bonds. The van der Waals surface area contributed by atoms with Gasteiger partial charge in [0, 0.05) is 43.0 Å². The number of hydrogen-bond acceptors (Lipinski definition) is 3. The van der Waals surface area contributed by atoms with Crippen molar-refractivity contribution < 1.29 is 14.3 Å². The Bertz CT molecular complexity index is 1140. The zero-order valence-corrected chi connectivity index (χ0v) is 21.6. The van der Waals surface area contributed by atoms with Crippen LogP contribution in [0, 0.1) is 5.41 Å². The number of piperidine rings is 1. The van der Waals surface area contributed by atoms with Crippen LogP contribution in [0.3, 0.4) is 0 Å². The number of benzene rings is 3. The Labute approximate surface area is 215 Å². The van der Waals surface area contributed by atoms with Crippen LogP contribution in [0.15, 0.2) is 89.4 Å². The third-order valence-corrected chi connectivity index (χ3v) is 7.25. The third kappa shape index (κ3) is 6.51. The molecule has 1 unspecified atom stereocenters. The first-order valence-electron chi connectivity index (χ1n) is 12.0. The van der Waals surface area contributed by atoms with E-state index in [0.29, 0.717) is 38.2 Å². The lowest BCUT2D eigenvalue weighted by molar-refractivity contribution is -0.134. The Morgan fingerprint density at radius 3 is 2.34 bits per heavy atom. The molecule has 0 aliphatic carbocycles. The molecule has 3 aromatic rings. The van der Waals surface area contributed by atoms with Crippen molar-refractivity contribution in [1.29, 1.82) is 0 Å². The molecule has 6 heteroatoms. The quantitative estimate of drug-likeness (QED) is 0.367. The van der Waals surface area contributed by atoms with Crippen LogP contribution in [0.1, 0.15) is 35.2 Å². The summed E-state index contributed by atoms with van der Waals surface area (Å²) in [6.07, 6.45) is 1.97. The maximum absolute atomic E-state index is 13.4. The maximum Gasteiger partial charge on any atom is 0.255 e. The summed E-state index contributed by atoms with van der Waals surface area (Å²) in [7, 11) is 1.84. The van der Waals surface area contributed by atoms with E-state index in [1.165, 1.54) is 0 Å². The molecule has 182 valence electrons. The molecule has 1 fully saturated rings. The highest BCUT2D eigenvalue weighted by atomic mass is 79.9. The minimum absolute atomic E-state index is 0.0219. The van der Waals surface area contributed by atoms with E-state index in [0.717, 1.165) is 28.6 Å².